The van der Waals surface area contributed by atoms with Crippen LogP contribution in [-0.4, -0.2) is 56.7 Å². The second-order valence-corrected chi connectivity index (χ2v) is 14.1. The molecular formula is C30H51NO6. The van der Waals surface area contributed by atoms with E-state index in [0.29, 0.717) is 42.9 Å². The average molecular weight is 522 g/mol. The van der Waals surface area contributed by atoms with Crippen molar-refractivity contribution >= 4 is 11.9 Å². The van der Waals surface area contributed by atoms with E-state index in [9.17, 15) is 30.0 Å². The normalized spacial score (nSPS) is 44.9. The van der Waals surface area contributed by atoms with Crippen molar-refractivity contribution in [3.8, 4) is 0 Å². The van der Waals surface area contributed by atoms with Gasteiger partial charge in [-0.15, -0.1) is 0 Å². The number of carbonyl (C=O) groups excluding carboxylic acids is 1. The highest BCUT2D eigenvalue weighted by atomic mass is 16.4. The summed E-state index contributed by atoms with van der Waals surface area (Å²) in [4.78, 5) is 24.2. The Morgan fingerprint density at radius 2 is 1.54 bits per heavy atom. The zero-order valence-electron chi connectivity index (χ0n) is 23.5. The van der Waals surface area contributed by atoms with Crippen molar-refractivity contribution in [1.29, 1.82) is 0 Å². The number of carbonyl (C=O) groups is 2. The van der Waals surface area contributed by atoms with Gasteiger partial charge in [-0.25, -0.2) is 4.79 Å². The molecule has 1 amide bonds. The molecule has 0 aromatic rings. The van der Waals surface area contributed by atoms with Crippen LogP contribution in [0.15, 0.2) is 0 Å². The molecule has 12 atom stereocenters. The molecule has 0 aromatic heterocycles. The van der Waals surface area contributed by atoms with Crippen LogP contribution in [0.5, 0.6) is 0 Å². The quantitative estimate of drug-likeness (QED) is 0.329. The highest BCUT2D eigenvalue weighted by molar-refractivity contribution is 5.83. The van der Waals surface area contributed by atoms with Crippen LogP contribution in [0.1, 0.15) is 98.8 Å². The maximum Gasteiger partial charge on any atom is 0.326 e. The summed E-state index contributed by atoms with van der Waals surface area (Å²) in [6.07, 6.45) is 6.11. The first-order valence-electron chi connectivity index (χ1n) is 14.9. The molecule has 4 saturated carbocycles. The summed E-state index contributed by atoms with van der Waals surface area (Å²) in [6.45, 7) is 10.8. The number of rotatable bonds is 8. The Morgan fingerprint density at radius 3 is 2.19 bits per heavy atom. The zero-order valence-corrected chi connectivity index (χ0v) is 23.5. The molecule has 4 aliphatic carbocycles. The first kappa shape index (κ1) is 28.8. The number of carboxylic acids is 1. The number of aliphatic hydroxyl groups excluding tert-OH is 3. The summed E-state index contributed by atoms with van der Waals surface area (Å²) < 4.78 is 0. The van der Waals surface area contributed by atoms with E-state index in [2.05, 4.69) is 26.1 Å². The SMILES string of the molecule is CC(C)C[C@H](NC(=O)CC[C@@H](C)[C@H]1CC[C@H]2[C@@H]3[C@@H](O)[C@H](O)[C@@H]4C[C@H](O)CC[C@]4(C)[C@H]3CC[C@]12C)C(=O)O. The fourth-order valence-corrected chi connectivity index (χ4v) is 9.73. The van der Waals surface area contributed by atoms with Crippen LogP contribution < -0.4 is 5.32 Å². The van der Waals surface area contributed by atoms with Crippen molar-refractivity contribution in [3.05, 3.63) is 0 Å². The monoisotopic (exact) mass is 521 g/mol. The van der Waals surface area contributed by atoms with Crippen LogP contribution >= 0.6 is 0 Å². The van der Waals surface area contributed by atoms with Gasteiger partial charge in [0, 0.05) is 6.42 Å². The molecule has 0 bridgehead atoms. The zero-order chi connectivity index (χ0) is 27.3. The van der Waals surface area contributed by atoms with Crippen molar-refractivity contribution in [2.24, 2.45) is 52.3 Å². The Kier molecular flexibility index (Phi) is 8.39. The molecule has 0 aromatic carbocycles. The van der Waals surface area contributed by atoms with E-state index < -0.39 is 24.2 Å². The molecule has 0 spiro atoms. The van der Waals surface area contributed by atoms with Crippen molar-refractivity contribution in [2.45, 2.75) is 123 Å². The van der Waals surface area contributed by atoms with E-state index in [1.165, 1.54) is 0 Å². The number of hydrogen-bond donors (Lipinski definition) is 5. The maximum atomic E-state index is 12.6. The molecule has 5 N–H and O–H groups in total. The molecule has 0 aliphatic heterocycles. The molecule has 4 rings (SSSR count). The van der Waals surface area contributed by atoms with Gasteiger partial charge in [0.2, 0.25) is 5.91 Å². The lowest BCUT2D eigenvalue weighted by Gasteiger charge is -2.63. The number of nitrogens with one attached hydrogen (secondary N) is 1. The molecule has 212 valence electrons. The number of hydrogen-bond acceptors (Lipinski definition) is 5. The number of aliphatic hydroxyl groups is 3. The van der Waals surface area contributed by atoms with Crippen molar-refractivity contribution in [2.75, 3.05) is 0 Å². The molecule has 7 nitrogen and oxygen atoms in total. The van der Waals surface area contributed by atoms with Crippen LogP contribution in [-0.2, 0) is 9.59 Å². The largest absolute Gasteiger partial charge is 0.480 e. The van der Waals surface area contributed by atoms with Gasteiger partial charge >= 0.3 is 5.97 Å². The van der Waals surface area contributed by atoms with Gasteiger partial charge in [0.1, 0.15) is 6.04 Å². The van der Waals surface area contributed by atoms with Crippen LogP contribution in [0, 0.1) is 52.3 Å². The van der Waals surface area contributed by atoms with Crippen LogP contribution in [0.4, 0.5) is 0 Å². The third kappa shape index (κ3) is 5.21. The highest BCUT2D eigenvalue weighted by Gasteiger charge is 2.65. The van der Waals surface area contributed by atoms with E-state index in [-0.39, 0.29) is 40.6 Å². The molecule has 0 unspecified atom stereocenters. The van der Waals surface area contributed by atoms with Gasteiger partial charge in [-0.1, -0.05) is 34.6 Å². The van der Waals surface area contributed by atoms with Crippen LogP contribution in [0.25, 0.3) is 0 Å². The molecule has 4 fully saturated rings. The Bertz CT molecular complexity index is 848. The summed E-state index contributed by atoms with van der Waals surface area (Å²) in [7, 11) is 0. The summed E-state index contributed by atoms with van der Waals surface area (Å²) in [5.41, 5.74) is 0.0265. The topological polar surface area (TPSA) is 127 Å². The molecule has 7 heteroatoms. The summed E-state index contributed by atoms with van der Waals surface area (Å²) in [6, 6.07) is -0.836. The number of amides is 1. The number of fused-ring (bicyclic) bond motifs is 5. The Hall–Kier alpha value is -1.18. The number of aliphatic carboxylic acids is 1. The summed E-state index contributed by atoms with van der Waals surface area (Å²) in [5.74, 6) is 0.553. The van der Waals surface area contributed by atoms with Gasteiger partial charge in [0.05, 0.1) is 18.3 Å². The van der Waals surface area contributed by atoms with Gasteiger partial charge in [-0.05, 0) is 110 Å². The van der Waals surface area contributed by atoms with Gasteiger partial charge in [0.25, 0.3) is 0 Å². The van der Waals surface area contributed by atoms with Crippen molar-refractivity contribution < 1.29 is 30.0 Å². The van der Waals surface area contributed by atoms with Crippen LogP contribution in [0.3, 0.4) is 0 Å². The van der Waals surface area contributed by atoms with E-state index in [4.69, 9.17) is 0 Å². The Balaban J connectivity index is 1.42. The molecule has 0 heterocycles. The standard InChI is InChI=1S/C30H51NO6/c1-16(2)14-23(28(36)37)31-24(33)9-6-17(3)19-7-8-20-25-21(11-13-29(19,20)4)30(5)12-10-18(32)15-22(30)26(34)27(25)35/h16-23,25-27,32,34-35H,6-15H2,1-5H3,(H,31,33)(H,36,37)/t17-,18-,19-,20+,21+,22+,23+,25+,26-,27-,29-,30-/m1/s1. The molecule has 0 saturated heterocycles. The molecule has 4 aliphatic rings. The molecule has 0 radical (unpaired) electrons. The minimum atomic E-state index is -0.977. The average Bonchev–Trinajstić information content (AvgIpc) is 3.18. The fraction of sp³-hybridized carbons (Fsp3) is 0.933. The number of carboxylic acid groups (broad SMARTS) is 1. The second kappa shape index (κ2) is 10.8. The van der Waals surface area contributed by atoms with Gasteiger partial charge in [-0.2, -0.15) is 0 Å². The lowest BCUT2D eigenvalue weighted by Crippen LogP contribution is -2.64. The second-order valence-electron chi connectivity index (χ2n) is 14.1. The van der Waals surface area contributed by atoms with Gasteiger partial charge in [-0.3, -0.25) is 4.79 Å². The predicted molar refractivity (Wildman–Crippen MR) is 141 cm³/mol. The van der Waals surface area contributed by atoms with E-state index in [1.54, 1.807) is 0 Å². The fourth-order valence-electron chi connectivity index (χ4n) is 9.73. The van der Waals surface area contributed by atoms with Gasteiger partial charge < -0.3 is 25.7 Å². The van der Waals surface area contributed by atoms with Gasteiger partial charge in [0.15, 0.2) is 0 Å². The van der Waals surface area contributed by atoms with Crippen LogP contribution in [0.2, 0.25) is 0 Å². The maximum absolute atomic E-state index is 12.6. The highest BCUT2D eigenvalue weighted by Crippen LogP contribution is 2.68. The summed E-state index contributed by atoms with van der Waals surface area (Å²) >= 11 is 0. The van der Waals surface area contributed by atoms with E-state index >= 15 is 0 Å². The Morgan fingerprint density at radius 1 is 0.892 bits per heavy atom. The summed E-state index contributed by atoms with van der Waals surface area (Å²) in [5, 5.41) is 45.2. The lowest BCUT2D eigenvalue weighted by molar-refractivity contribution is -0.223. The van der Waals surface area contributed by atoms with Crippen molar-refractivity contribution in [1.82, 2.24) is 5.32 Å². The van der Waals surface area contributed by atoms with Crippen molar-refractivity contribution in [3.63, 3.8) is 0 Å². The Labute approximate surface area is 222 Å². The van der Waals surface area contributed by atoms with E-state index in [0.717, 1.165) is 44.9 Å². The molecular weight excluding hydrogens is 470 g/mol. The third-order valence-corrected chi connectivity index (χ3v) is 11.7. The smallest absolute Gasteiger partial charge is 0.326 e. The first-order chi connectivity index (χ1) is 17.3. The first-order valence-corrected chi connectivity index (χ1v) is 14.9. The minimum Gasteiger partial charge on any atom is -0.480 e. The molecule has 37 heavy (non-hydrogen) atoms. The minimum absolute atomic E-state index is 0.0394. The predicted octanol–water partition coefficient (Wildman–Crippen LogP) is 3.98. The lowest BCUT2D eigenvalue weighted by atomic mass is 9.43. The van der Waals surface area contributed by atoms with E-state index in [1.807, 2.05) is 13.8 Å². The third-order valence-electron chi connectivity index (χ3n) is 11.7.